The van der Waals surface area contributed by atoms with E-state index in [0.717, 1.165) is 116 Å². The van der Waals surface area contributed by atoms with Crippen molar-refractivity contribution in [3.05, 3.63) is 97.2 Å². The molecule has 1 N–H and O–H groups in total. The fraction of sp³-hybridized carbons (Fsp3) is 0.710. The van der Waals surface area contributed by atoms with Crippen LogP contribution in [0.3, 0.4) is 0 Å². The molecule has 0 aromatic carbocycles. The molecule has 10 heteroatoms. The van der Waals surface area contributed by atoms with Crippen molar-refractivity contribution in [3.8, 4) is 0 Å². The predicted octanol–water partition coefficient (Wildman–Crippen LogP) is 17.0. The molecule has 9 nitrogen and oxygen atoms in total. The summed E-state index contributed by atoms with van der Waals surface area (Å²) >= 11 is 0. The summed E-state index contributed by atoms with van der Waals surface area (Å²) in [4.78, 5) is 39.8. The lowest BCUT2D eigenvalue weighted by Gasteiger charge is -2.30. The summed E-state index contributed by atoms with van der Waals surface area (Å²) in [6.07, 6.45) is 68.0. The van der Waals surface area contributed by atoms with Crippen LogP contribution in [0.25, 0.3) is 0 Å². The fourth-order valence-corrected chi connectivity index (χ4v) is 8.48. The molecule has 3 unspecified atom stereocenters. The molecule has 72 heavy (non-hydrogen) atoms. The van der Waals surface area contributed by atoms with E-state index in [-0.39, 0.29) is 31.3 Å². The zero-order chi connectivity index (χ0) is 52.9. The minimum absolute atomic E-state index is 0.0350. The Morgan fingerprint density at radius 1 is 0.500 bits per heavy atom. The zero-order valence-electron chi connectivity index (χ0n) is 47.1. The standard InChI is InChI=1S/C62H109N2O7P/c1-7-10-13-16-19-22-25-27-29-30-31-32-33-34-35-36-39-42-45-48-51-54-61(65)63-59(58-70-72(67,68)69-57-56-64(4,5)6)60(53-50-47-44-41-38-24-21-18-15-12-9-3)71-62(66)55-52-49-46-43-40-37-28-26-23-20-17-14-11-8-2/h11,14,19-20,22-23,27-29,31-32,34-35,37,50,53,59-60H,7-10,12-13,15-18,21,24-26,30,33,36,38-49,51-52,54-58H2,1-6H3,(H-,63,65,67,68)/b14-11+,22-19-,23-20+,29-27-,32-31-,35-34-,37-28+,53-50-. The Bertz CT molecular complexity index is 1560. The van der Waals surface area contributed by atoms with Gasteiger partial charge in [0.15, 0.2) is 0 Å². The average molecular weight is 1030 g/mol. The second-order valence-electron chi connectivity index (χ2n) is 20.4. The highest BCUT2D eigenvalue weighted by atomic mass is 31.2. The number of esters is 1. The van der Waals surface area contributed by atoms with Crippen molar-refractivity contribution < 1.29 is 37.3 Å². The number of rotatable bonds is 51. The monoisotopic (exact) mass is 1020 g/mol. The number of nitrogens with one attached hydrogen (secondary N) is 1. The topological polar surface area (TPSA) is 114 Å². The average Bonchev–Trinajstić information content (AvgIpc) is 3.34. The molecule has 0 bridgehead atoms. The van der Waals surface area contributed by atoms with Crippen LogP contribution in [0.5, 0.6) is 0 Å². The number of hydrogen-bond donors (Lipinski definition) is 1. The molecule has 0 fully saturated rings. The number of nitrogens with zero attached hydrogens (tertiary/aromatic N) is 1. The maximum absolute atomic E-state index is 13.5. The SMILES string of the molecule is CC/C=C/C/C=C/C/C=C/CCCCCCC(=O)OC(/C=C\CCCCCCCCCCC)C(COP(=O)([O-])OCC[N+](C)(C)C)NC(=O)CCCCCCC/C=C\C/C=C\C/C=C\C/C=C\CCCCC. The van der Waals surface area contributed by atoms with E-state index in [9.17, 15) is 19.0 Å². The molecule has 0 saturated carbocycles. The first-order valence-electron chi connectivity index (χ1n) is 29.0. The van der Waals surface area contributed by atoms with Crippen LogP contribution in [0, 0.1) is 0 Å². The molecule has 0 aliphatic rings. The first-order chi connectivity index (χ1) is 34.9. The van der Waals surface area contributed by atoms with Gasteiger partial charge in [0.2, 0.25) is 5.91 Å². The molecule has 0 rings (SSSR count). The number of hydrogen-bond acceptors (Lipinski definition) is 7. The van der Waals surface area contributed by atoms with Gasteiger partial charge in [-0.15, -0.1) is 0 Å². The van der Waals surface area contributed by atoms with Crippen molar-refractivity contribution in [1.29, 1.82) is 0 Å². The highest BCUT2D eigenvalue weighted by Gasteiger charge is 2.27. The Balaban J connectivity index is 5.34. The van der Waals surface area contributed by atoms with Crippen LogP contribution in [0.4, 0.5) is 0 Å². The molecule has 0 spiro atoms. The summed E-state index contributed by atoms with van der Waals surface area (Å²) < 4.78 is 30.2. The molecule has 0 aromatic rings. The lowest BCUT2D eigenvalue weighted by molar-refractivity contribution is -0.870. The summed E-state index contributed by atoms with van der Waals surface area (Å²) in [5.41, 5.74) is 0. The number of likely N-dealkylation sites (N-methyl/N-ethyl adjacent to an activating group) is 1. The smallest absolute Gasteiger partial charge is 0.306 e. The van der Waals surface area contributed by atoms with Gasteiger partial charge in [0.05, 0.1) is 33.8 Å². The lowest BCUT2D eigenvalue weighted by atomic mass is 10.1. The summed E-state index contributed by atoms with van der Waals surface area (Å²) in [5.74, 6) is -0.595. The maximum atomic E-state index is 13.5. The third-order valence-electron chi connectivity index (χ3n) is 12.2. The van der Waals surface area contributed by atoms with Gasteiger partial charge in [0.25, 0.3) is 7.82 Å². The van der Waals surface area contributed by atoms with Gasteiger partial charge in [0, 0.05) is 12.8 Å². The van der Waals surface area contributed by atoms with Crippen LogP contribution in [0.1, 0.15) is 233 Å². The number of carbonyl (C=O) groups is 2. The summed E-state index contributed by atoms with van der Waals surface area (Å²) in [6.45, 7) is 6.64. The molecule has 0 aliphatic heterocycles. The Morgan fingerprint density at radius 3 is 1.36 bits per heavy atom. The van der Waals surface area contributed by atoms with Crippen LogP contribution in [0.2, 0.25) is 0 Å². The highest BCUT2D eigenvalue weighted by molar-refractivity contribution is 7.45. The molecule has 0 aromatic heterocycles. The highest BCUT2D eigenvalue weighted by Crippen LogP contribution is 2.38. The van der Waals surface area contributed by atoms with Crippen LogP contribution in [0.15, 0.2) is 97.2 Å². The normalized spacial score (nSPS) is 14.5. The molecule has 0 radical (unpaired) electrons. The molecular formula is C62H109N2O7P. The van der Waals surface area contributed by atoms with Crippen molar-refractivity contribution >= 4 is 19.7 Å². The van der Waals surface area contributed by atoms with E-state index in [1.807, 2.05) is 33.3 Å². The second kappa shape index (κ2) is 51.4. The van der Waals surface area contributed by atoms with E-state index in [1.165, 1.54) is 70.6 Å². The third-order valence-corrected chi connectivity index (χ3v) is 13.2. The number of ether oxygens (including phenoxy) is 1. The number of unbranched alkanes of at least 4 members (excludes halogenated alkanes) is 21. The minimum Gasteiger partial charge on any atom is -0.756 e. The molecule has 0 saturated heterocycles. The van der Waals surface area contributed by atoms with E-state index in [0.29, 0.717) is 23.9 Å². The second-order valence-corrected chi connectivity index (χ2v) is 21.8. The van der Waals surface area contributed by atoms with Gasteiger partial charge in [-0.2, -0.15) is 0 Å². The molecule has 3 atom stereocenters. The van der Waals surface area contributed by atoms with Crippen molar-refractivity contribution in [1.82, 2.24) is 5.32 Å². The molecule has 1 amide bonds. The maximum Gasteiger partial charge on any atom is 0.306 e. The van der Waals surface area contributed by atoms with Crippen molar-refractivity contribution in [3.63, 3.8) is 0 Å². The van der Waals surface area contributed by atoms with Crippen LogP contribution < -0.4 is 10.2 Å². The minimum atomic E-state index is -4.71. The quantitative estimate of drug-likeness (QED) is 0.0212. The van der Waals surface area contributed by atoms with E-state index >= 15 is 0 Å². The van der Waals surface area contributed by atoms with Gasteiger partial charge in [-0.3, -0.25) is 14.2 Å². The van der Waals surface area contributed by atoms with Gasteiger partial charge in [0.1, 0.15) is 19.3 Å². The number of phosphoric ester groups is 1. The van der Waals surface area contributed by atoms with Gasteiger partial charge in [-0.05, 0) is 109 Å². The number of carbonyl (C=O) groups excluding carboxylic acids is 2. The summed E-state index contributed by atoms with van der Waals surface area (Å²) in [5, 5.41) is 3.00. The number of allylic oxidation sites excluding steroid dienone is 15. The van der Waals surface area contributed by atoms with Crippen molar-refractivity contribution in [2.24, 2.45) is 0 Å². The number of quaternary nitrogens is 1. The molecular weight excluding hydrogens is 916 g/mol. The zero-order valence-corrected chi connectivity index (χ0v) is 48.0. The van der Waals surface area contributed by atoms with Gasteiger partial charge in [-0.1, -0.05) is 208 Å². The first-order valence-corrected chi connectivity index (χ1v) is 30.5. The molecule has 414 valence electrons. The van der Waals surface area contributed by atoms with E-state index < -0.39 is 26.6 Å². The summed E-state index contributed by atoms with van der Waals surface area (Å²) in [6, 6.07) is -0.912. The first kappa shape index (κ1) is 68.9. The number of amides is 1. The Kier molecular flexibility index (Phi) is 49.2. The predicted molar refractivity (Wildman–Crippen MR) is 307 cm³/mol. The van der Waals surface area contributed by atoms with Gasteiger partial charge < -0.3 is 28.5 Å². The molecule has 0 aliphatic carbocycles. The van der Waals surface area contributed by atoms with Gasteiger partial charge >= 0.3 is 5.97 Å². The van der Waals surface area contributed by atoms with Crippen molar-refractivity contribution in [2.45, 2.75) is 245 Å². The van der Waals surface area contributed by atoms with Crippen LogP contribution in [-0.2, 0) is 27.9 Å². The Morgan fingerprint density at radius 2 is 0.889 bits per heavy atom. The van der Waals surface area contributed by atoms with Crippen LogP contribution >= 0.6 is 7.82 Å². The van der Waals surface area contributed by atoms with E-state index in [1.54, 1.807) is 0 Å². The Labute approximate surface area is 443 Å². The van der Waals surface area contributed by atoms with Crippen molar-refractivity contribution in [2.75, 3.05) is 40.9 Å². The van der Waals surface area contributed by atoms with E-state index in [4.69, 9.17) is 13.8 Å². The fourth-order valence-electron chi connectivity index (χ4n) is 7.75. The molecule has 0 heterocycles. The van der Waals surface area contributed by atoms with Gasteiger partial charge in [-0.25, -0.2) is 0 Å². The third kappa shape index (κ3) is 51.8. The lowest BCUT2D eigenvalue weighted by Crippen LogP contribution is -2.47. The Hall–Kier alpha value is -3.07. The van der Waals surface area contributed by atoms with Crippen LogP contribution in [-0.4, -0.2) is 69.4 Å². The summed E-state index contributed by atoms with van der Waals surface area (Å²) in [7, 11) is 1.14. The largest absolute Gasteiger partial charge is 0.756 e. The van der Waals surface area contributed by atoms with E-state index in [2.05, 4.69) is 111 Å². The number of phosphoric acid groups is 1.